The van der Waals surface area contributed by atoms with Gasteiger partial charge in [0, 0.05) is 4.90 Å². The Morgan fingerprint density at radius 3 is 2.92 bits per heavy atom. The van der Waals surface area contributed by atoms with E-state index in [2.05, 4.69) is 31.3 Å². The van der Waals surface area contributed by atoms with Crippen LogP contribution in [0.4, 0.5) is 0 Å². The molecule has 1 aromatic rings. The number of thiol groups is 1. The van der Waals surface area contributed by atoms with E-state index in [4.69, 9.17) is 0 Å². The Kier molecular flexibility index (Phi) is 1.97. The molecule has 1 aliphatic carbocycles. The van der Waals surface area contributed by atoms with Crippen molar-refractivity contribution >= 4 is 18.2 Å². The zero-order valence-electron chi connectivity index (χ0n) is 7.01. The monoisotopic (exact) mass is 176 g/mol. The van der Waals surface area contributed by atoms with E-state index in [-0.39, 0.29) is 0 Å². The first-order valence-corrected chi connectivity index (χ1v) is 4.72. The van der Waals surface area contributed by atoms with Crippen LogP contribution < -0.4 is 0 Å². The van der Waals surface area contributed by atoms with E-state index in [1.807, 2.05) is 6.07 Å². The minimum Gasteiger partial charge on any atom is -0.143 e. The van der Waals surface area contributed by atoms with Crippen molar-refractivity contribution in [3.05, 3.63) is 35.9 Å². The lowest BCUT2D eigenvalue weighted by Crippen LogP contribution is -2.00. The molecule has 0 atom stereocenters. The fourth-order valence-corrected chi connectivity index (χ4v) is 1.99. The molecule has 0 heterocycles. The topological polar surface area (TPSA) is 0 Å². The number of allylic oxidation sites excluding steroid dienone is 1. The summed E-state index contributed by atoms with van der Waals surface area (Å²) >= 11 is 4.32. The molecule has 2 rings (SSSR count). The van der Waals surface area contributed by atoms with Crippen LogP contribution in [0, 0.1) is 0 Å². The summed E-state index contributed by atoms with van der Waals surface area (Å²) in [5.74, 6) is 0. The minimum absolute atomic E-state index is 1.06. The van der Waals surface area contributed by atoms with Crippen LogP contribution >= 0.6 is 12.6 Å². The summed E-state index contributed by atoms with van der Waals surface area (Å²) in [6.07, 6.45) is 3.57. The second-order valence-corrected chi connectivity index (χ2v) is 3.81. The number of fused-ring (bicyclic) bond motifs is 1. The minimum atomic E-state index is 1.06. The third-order valence-corrected chi connectivity index (χ3v) is 2.67. The van der Waals surface area contributed by atoms with Gasteiger partial charge in [-0.05, 0) is 48.1 Å². The molecule has 0 saturated carbocycles. The molecule has 0 amide bonds. The molecule has 0 N–H and O–H groups in total. The Hall–Kier alpha value is -0.690. The van der Waals surface area contributed by atoms with Gasteiger partial charge in [0.25, 0.3) is 0 Å². The van der Waals surface area contributed by atoms with Crippen molar-refractivity contribution in [3.8, 4) is 0 Å². The van der Waals surface area contributed by atoms with Crippen LogP contribution in [0.2, 0.25) is 0 Å². The molecule has 0 nitrogen and oxygen atoms in total. The summed E-state index contributed by atoms with van der Waals surface area (Å²) in [4.78, 5) is 1.06. The van der Waals surface area contributed by atoms with E-state index < -0.39 is 0 Å². The van der Waals surface area contributed by atoms with E-state index in [0.717, 1.165) is 11.3 Å². The van der Waals surface area contributed by atoms with Gasteiger partial charge in [-0.3, -0.25) is 0 Å². The first-order valence-electron chi connectivity index (χ1n) is 4.27. The van der Waals surface area contributed by atoms with Crippen LogP contribution in [0.25, 0.3) is 5.57 Å². The highest BCUT2D eigenvalue weighted by Gasteiger charge is 2.11. The summed E-state index contributed by atoms with van der Waals surface area (Å²) in [5.41, 5.74) is 4.04. The molecule has 0 bridgehead atoms. The molecule has 1 aromatic carbocycles. The molecule has 0 aromatic heterocycles. The van der Waals surface area contributed by atoms with Gasteiger partial charge in [-0.1, -0.05) is 12.6 Å². The fourth-order valence-electron chi connectivity index (χ4n) is 1.76. The van der Waals surface area contributed by atoms with Crippen molar-refractivity contribution in [2.45, 2.75) is 24.2 Å². The average molecular weight is 176 g/mol. The maximum Gasteiger partial charge on any atom is 0.00431 e. The van der Waals surface area contributed by atoms with E-state index in [9.17, 15) is 0 Å². The van der Waals surface area contributed by atoms with Crippen LogP contribution in [-0.2, 0) is 6.42 Å². The van der Waals surface area contributed by atoms with Gasteiger partial charge < -0.3 is 0 Å². The third kappa shape index (κ3) is 1.29. The number of rotatable bonds is 0. The highest BCUT2D eigenvalue weighted by atomic mass is 32.1. The van der Waals surface area contributed by atoms with E-state index in [0.29, 0.717) is 0 Å². The lowest BCUT2D eigenvalue weighted by Gasteiger charge is -2.17. The lowest BCUT2D eigenvalue weighted by atomic mass is 9.88. The summed E-state index contributed by atoms with van der Waals surface area (Å²) in [5, 5.41) is 0. The van der Waals surface area contributed by atoms with Gasteiger partial charge in [0.05, 0.1) is 0 Å². The smallest absolute Gasteiger partial charge is 0.00431 e. The maximum atomic E-state index is 4.32. The van der Waals surface area contributed by atoms with Crippen LogP contribution in [0.5, 0.6) is 0 Å². The summed E-state index contributed by atoms with van der Waals surface area (Å²) in [7, 11) is 0. The van der Waals surface area contributed by atoms with Gasteiger partial charge >= 0.3 is 0 Å². The van der Waals surface area contributed by atoms with Crippen molar-refractivity contribution in [1.29, 1.82) is 0 Å². The Morgan fingerprint density at radius 2 is 2.08 bits per heavy atom. The molecule has 0 saturated heterocycles. The SMILES string of the molecule is C=C1CCCc2cc(S)ccc21. The second kappa shape index (κ2) is 2.98. The number of benzene rings is 1. The molecule has 0 radical (unpaired) electrons. The van der Waals surface area contributed by atoms with E-state index >= 15 is 0 Å². The molecule has 0 unspecified atom stereocenters. The Balaban J connectivity index is 2.53. The first kappa shape index (κ1) is 7.93. The van der Waals surface area contributed by atoms with Gasteiger partial charge in [0.15, 0.2) is 0 Å². The lowest BCUT2D eigenvalue weighted by molar-refractivity contribution is 0.820. The normalized spacial score (nSPS) is 15.9. The Labute approximate surface area is 78.7 Å². The quantitative estimate of drug-likeness (QED) is 0.576. The van der Waals surface area contributed by atoms with Crippen molar-refractivity contribution in [1.82, 2.24) is 0 Å². The van der Waals surface area contributed by atoms with Crippen molar-refractivity contribution in [2.24, 2.45) is 0 Å². The van der Waals surface area contributed by atoms with Crippen molar-refractivity contribution < 1.29 is 0 Å². The molecule has 1 aliphatic rings. The Morgan fingerprint density at radius 1 is 1.25 bits per heavy atom. The van der Waals surface area contributed by atoms with Gasteiger partial charge in [-0.15, -0.1) is 12.6 Å². The standard InChI is InChI=1S/C11H12S/c1-8-3-2-4-9-7-10(12)5-6-11(8)9/h5-7,12H,1-4H2. The van der Waals surface area contributed by atoms with E-state index in [1.54, 1.807) is 0 Å². The molecule has 62 valence electrons. The molecular formula is C11H12S. The summed E-state index contributed by atoms with van der Waals surface area (Å²) in [6, 6.07) is 6.33. The zero-order valence-corrected chi connectivity index (χ0v) is 7.90. The Bertz CT molecular complexity index is 326. The van der Waals surface area contributed by atoms with Crippen LogP contribution in [0.3, 0.4) is 0 Å². The average Bonchev–Trinajstić information content (AvgIpc) is 2.04. The molecular weight excluding hydrogens is 164 g/mol. The highest BCUT2D eigenvalue weighted by molar-refractivity contribution is 7.80. The molecule has 1 heteroatoms. The van der Waals surface area contributed by atoms with Crippen LogP contribution in [-0.4, -0.2) is 0 Å². The predicted molar refractivity (Wildman–Crippen MR) is 55.7 cm³/mol. The number of hydrogen-bond donors (Lipinski definition) is 1. The second-order valence-electron chi connectivity index (χ2n) is 3.30. The van der Waals surface area contributed by atoms with Gasteiger partial charge in [0.2, 0.25) is 0 Å². The largest absolute Gasteiger partial charge is 0.143 e. The van der Waals surface area contributed by atoms with E-state index in [1.165, 1.54) is 29.5 Å². The molecule has 12 heavy (non-hydrogen) atoms. The third-order valence-electron chi connectivity index (χ3n) is 2.39. The van der Waals surface area contributed by atoms with Gasteiger partial charge in [0.1, 0.15) is 0 Å². The summed E-state index contributed by atoms with van der Waals surface area (Å²) < 4.78 is 0. The highest BCUT2D eigenvalue weighted by Crippen LogP contribution is 2.30. The number of hydrogen-bond acceptors (Lipinski definition) is 1. The summed E-state index contributed by atoms with van der Waals surface area (Å²) in [6.45, 7) is 4.06. The van der Waals surface area contributed by atoms with Crippen molar-refractivity contribution in [2.75, 3.05) is 0 Å². The molecule has 0 aliphatic heterocycles. The van der Waals surface area contributed by atoms with Crippen molar-refractivity contribution in [3.63, 3.8) is 0 Å². The zero-order chi connectivity index (χ0) is 8.55. The predicted octanol–water partition coefficient (Wildman–Crippen LogP) is 3.32. The first-order chi connectivity index (χ1) is 5.77. The number of aryl methyl sites for hydroxylation is 1. The fraction of sp³-hybridized carbons (Fsp3) is 0.273. The van der Waals surface area contributed by atoms with Crippen LogP contribution in [0.1, 0.15) is 24.0 Å². The van der Waals surface area contributed by atoms with Gasteiger partial charge in [-0.2, -0.15) is 0 Å². The molecule has 0 fully saturated rings. The maximum absolute atomic E-state index is 4.32. The van der Waals surface area contributed by atoms with Crippen LogP contribution in [0.15, 0.2) is 29.7 Å². The van der Waals surface area contributed by atoms with Gasteiger partial charge in [-0.25, -0.2) is 0 Å². The molecule has 0 spiro atoms.